The molecule has 3 heteroatoms. The highest BCUT2D eigenvalue weighted by Gasteiger charge is 2.22. The molecule has 1 atom stereocenters. The Morgan fingerprint density at radius 3 is 2.88 bits per heavy atom. The smallest absolute Gasteiger partial charge is 0.101 e. The fourth-order valence-corrected chi connectivity index (χ4v) is 2.58. The zero-order valence-corrected chi connectivity index (χ0v) is 10.5. The number of likely N-dealkylation sites (N-methyl/N-ethyl adjacent to an activating group) is 1. The van der Waals surface area contributed by atoms with E-state index in [0.29, 0.717) is 0 Å². The van der Waals surface area contributed by atoms with Crippen LogP contribution in [0.25, 0.3) is 0 Å². The first-order chi connectivity index (χ1) is 8.15. The molecular weight excluding hydrogens is 210 g/mol. The second-order valence-electron chi connectivity index (χ2n) is 4.77. The highest BCUT2D eigenvalue weighted by molar-refractivity contribution is 5.68. The van der Waals surface area contributed by atoms with Crippen molar-refractivity contribution in [3.63, 3.8) is 0 Å². The predicted octanol–water partition coefficient (Wildman–Crippen LogP) is 1.83. The lowest BCUT2D eigenvalue weighted by atomic mass is 9.99. The Bertz CT molecular complexity index is 457. The van der Waals surface area contributed by atoms with Gasteiger partial charge in [-0.2, -0.15) is 5.26 Å². The summed E-state index contributed by atoms with van der Waals surface area (Å²) in [6.45, 7) is 6.13. The summed E-state index contributed by atoms with van der Waals surface area (Å²) in [6, 6.07) is 6.68. The van der Waals surface area contributed by atoms with Gasteiger partial charge in [0.2, 0.25) is 0 Å². The second-order valence-corrected chi connectivity index (χ2v) is 4.77. The summed E-state index contributed by atoms with van der Waals surface area (Å²) in [5.41, 5.74) is 10.3. The summed E-state index contributed by atoms with van der Waals surface area (Å²) >= 11 is 0. The normalized spacial score (nSPS) is 15.5. The van der Waals surface area contributed by atoms with Crippen molar-refractivity contribution in [2.45, 2.75) is 32.7 Å². The summed E-state index contributed by atoms with van der Waals surface area (Å²) in [5, 5.41) is 9.27. The molecule has 2 N–H and O–H groups in total. The molecule has 1 aliphatic rings. The van der Waals surface area contributed by atoms with Crippen LogP contribution in [0.4, 0.5) is 5.69 Å². The van der Waals surface area contributed by atoms with Crippen LogP contribution in [0.5, 0.6) is 0 Å². The number of anilines is 1. The average Bonchev–Trinajstić information content (AvgIpc) is 2.70. The number of nitrogens with two attached hydrogens (primary N) is 1. The van der Waals surface area contributed by atoms with Crippen molar-refractivity contribution in [1.29, 1.82) is 5.26 Å². The number of benzene rings is 1. The van der Waals surface area contributed by atoms with Crippen LogP contribution in [0.15, 0.2) is 12.1 Å². The van der Waals surface area contributed by atoms with Gasteiger partial charge in [0.15, 0.2) is 0 Å². The Kier molecular flexibility index (Phi) is 3.35. The minimum Gasteiger partial charge on any atom is -0.370 e. The summed E-state index contributed by atoms with van der Waals surface area (Å²) in [6.07, 6.45) is 1.89. The molecule has 1 aromatic rings. The van der Waals surface area contributed by atoms with E-state index >= 15 is 0 Å². The number of fused-ring (bicyclic) bond motifs is 1. The third-order valence-corrected chi connectivity index (χ3v) is 3.28. The van der Waals surface area contributed by atoms with Gasteiger partial charge in [-0.3, -0.25) is 0 Å². The van der Waals surface area contributed by atoms with E-state index < -0.39 is 0 Å². The topological polar surface area (TPSA) is 53.0 Å². The average molecular weight is 229 g/mol. The van der Waals surface area contributed by atoms with Crippen LogP contribution in [0.1, 0.15) is 30.5 Å². The minimum absolute atomic E-state index is 0.142. The molecule has 0 saturated carbocycles. The number of nitrogens with zero attached hydrogens (tertiary/aromatic N) is 2. The van der Waals surface area contributed by atoms with Gasteiger partial charge in [-0.05, 0) is 43.9 Å². The van der Waals surface area contributed by atoms with E-state index in [1.54, 1.807) is 0 Å². The maximum Gasteiger partial charge on any atom is 0.101 e. The van der Waals surface area contributed by atoms with Crippen LogP contribution in [-0.2, 0) is 12.8 Å². The fraction of sp³-hybridized carbons (Fsp3) is 0.500. The molecule has 90 valence electrons. The van der Waals surface area contributed by atoms with Gasteiger partial charge in [0.25, 0.3) is 0 Å². The first kappa shape index (κ1) is 11.9. The molecule has 0 aliphatic carbocycles. The lowest BCUT2D eigenvalue weighted by Gasteiger charge is -2.18. The van der Waals surface area contributed by atoms with Crippen LogP contribution in [-0.4, -0.2) is 19.1 Å². The molecule has 1 heterocycles. The first-order valence-electron chi connectivity index (χ1n) is 6.22. The number of nitriles is 1. The van der Waals surface area contributed by atoms with E-state index in [-0.39, 0.29) is 6.04 Å². The van der Waals surface area contributed by atoms with E-state index in [0.717, 1.165) is 37.2 Å². The lowest BCUT2D eigenvalue weighted by molar-refractivity contribution is 0.737. The molecule has 17 heavy (non-hydrogen) atoms. The Morgan fingerprint density at radius 1 is 1.53 bits per heavy atom. The maximum atomic E-state index is 9.27. The van der Waals surface area contributed by atoms with Gasteiger partial charge in [0.1, 0.15) is 6.07 Å². The molecule has 0 bridgehead atoms. The Morgan fingerprint density at radius 2 is 2.29 bits per heavy atom. The van der Waals surface area contributed by atoms with Crippen molar-refractivity contribution in [2.24, 2.45) is 5.73 Å². The van der Waals surface area contributed by atoms with Crippen LogP contribution < -0.4 is 10.6 Å². The molecule has 0 aromatic heterocycles. The fourth-order valence-electron chi connectivity index (χ4n) is 2.58. The van der Waals surface area contributed by atoms with Crippen molar-refractivity contribution < 1.29 is 0 Å². The Labute approximate surface area is 103 Å². The largest absolute Gasteiger partial charge is 0.370 e. The van der Waals surface area contributed by atoms with E-state index in [2.05, 4.69) is 24.0 Å². The van der Waals surface area contributed by atoms with E-state index in [1.807, 2.05) is 13.0 Å². The molecule has 0 saturated heterocycles. The van der Waals surface area contributed by atoms with Crippen molar-refractivity contribution in [2.75, 3.05) is 18.0 Å². The third kappa shape index (κ3) is 2.27. The SMILES string of the molecule is CCN1CCc2cc(CC(C)N)cc(C#N)c21. The van der Waals surface area contributed by atoms with E-state index in [1.165, 1.54) is 11.1 Å². The Hall–Kier alpha value is -1.53. The molecule has 1 unspecified atom stereocenters. The summed E-state index contributed by atoms with van der Waals surface area (Å²) in [4.78, 5) is 2.28. The number of hydrogen-bond acceptors (Lipinski definition) is 3. The molecular formula is C14H19N3. The van der Waals surface area contributed by atoms with Crippen LogP contribution in [0.3, 0.4) is 0 Å². The second kappa shape index (κ2) is 4.77. The summed E-state index contributed by atoms with van der Waals surface area (Å²) in [5.74, 6) is 0. The predicted molar refractivity (Wildman–Crippen MR) is 70.1 cm³/mol. The Balaban J connectivity index is 2.43. The molecule has 0 spiro atoms. The standard InChI is InChI=1S/C14H19N3/c1-3-17-5-4-12-7-11(6-10(2)16)8-13(9-15)14(12)17/h7-8,10H,3-6,16H2,1-2H3. The van der Waals surface area contributed by atoms with Gasteiger partial charge < -0.3 is 10.6 Å². The molecule has 0 fully saturated rings. The highest BCUT2D eigenvalue weighted by Crippen LogP contribution is 2.32. The zero-order valence-electron chi connectivity index (χ0n) is 10.5. The number of rotatable bonds is 3. The van der Waals surface area contributed by atoms with Crippen LogP contribution >= 0.6 is 0 Å². The highest BCUT2D eigenvalue weighted by atomic mass is 15.1. The van der Waals surface area contributed by atoms with Crippen molar-refractivity contribution >= 4 is 5.69 Å². The van der Waals surface area contributed by atoms with Crippen molar-refractivity contribution in [3.8, 4) is 6.07 Å². The maximum absolute atomic E-state index is 9.27. The first-order valence-corrected chi connectivity index (χ1v) is 6.22. The monoisotopic (exact) mass is 229 g/mol. The summed E-state index contributed by atoms with van der Waals surface area (Å²) in [7, 11) is 0. The third-order valence-electron chi connectivity index (χ3n) is 3.28. The molecule has 2 rings (SSSR count). The van der Waals surface area contributed by atoms with Gasteiger partial charge >= 0.3 is 0 Å². The van der Waals surface area contributed by atoms with Gasteiger partial charge in [0.05, 0.1) is 11.3 Å². The van der Waals surface area contributed by atoms with Crippen molar-refractivity contribution in [1.82, 2.24) is 0 Å². The van der Waals surface area contributed by atoms with Gasteiger partial charge in [-0.25, -0.2) is 0 Å². The lowest BCUT2D eigenvalue weighted by Crippen LogP contribution is -2.20. The quantitative estimate of drug-likeness (QED) is 0.860. The molecule has 0 radical (unpaired) electrons. The molecule has 3 nitrogen and oxygen atoms in total. The van der Waals surface area contributed by atoms with E-state index in [4.69, 9.17) is 5.73 Å². The van der Waals surface area contributed by atoms with Crippen molar-refractivity contribution in [3.05, 3.63) is 28.8 Å². The molecule has 1 aromatic carbocycles. The van der Waals surface area contributed by atoms with Gasteiger partial charge in [-0.15, -0.1) is 0 Å². The van der Waals surface area contributed by atoms with Crippen LogP contribution in [0.2, 0.25) is 0 Å². The summed E-state index contributed by atoms with van der Waals surface area (Å²) < 4.78 is 0. The van der Waals surface area contributed by atoms with Gasteiger partial charge in [-0.1, -0.05) is 6.07 Å². The molecule has 0 amide bonds. The number of hydrogen-bond donors (Lipinski definition) is 1. The van der Waals surface area contributed by atoms with Crippen LogP contribution in [0, 0.1) is 11.3 Å². The molecule has 1 aliphatic heterocycles. The minimum atomic E-state index is 0.142. The van der Waals surface area contributed by atoms with Gasteiger partial charge in [0, 0.05) is 19.1 Å². The zero-order chi connectivity index (χ0) is 12.4. The van der Waals surface area contributed by atoms with E-state index in [9.17, 15) is 5.26 Å².